The first-order chi connectivity index (χ1) is 4.55. The smallest absolute Gasteiger partial charge is 0.376 e. The van der Waals surface area contributed by atoms with E-state index in [1.807, 2.05) is 0 Å². The highest BCUT2D eigenvalue weighted by Gasteiger charge is 2.36. The maximum Gasteiger partial charge on any atom is 0.376 e. The molecule has 56 valence electrons. The van der Waals surface area contributed by atoms with Crippen molar-refractivity contribution in [2.75, 3.05) is 0 Å². The molecule has 1 rings (SSSR count). The topological polar surface area (TPSA) is 35.5 Å². The van der Waals surface area contributed by atoms with Crippen LogP contribution in [0.2, 0.25) is 0 Å². The van der Waals surface area contributed by atoms with Crippen molar-refractivity contribution in [2.24, 2.45) is 0 Å². The second-order valence-corrected chi connectivity index (χ2v) is 2.54. The third kappa shape index (κ3) is 1.12. The number of ether oxygens (including phenoxy) is 2. The molecule has 0 saturated carbocycles. The second kappa shape index (κ2) is 2.01. The number of hydrogen-bond acceptors (Lipinski definition) is 3. The molecule has 0 radical (unpaired) electrons. The quantitative estimate of drug-likeness (QED) is 0.376. The lowest BCUT2D eigenvalue weighted by Crippen LogP contribution is -2.19. The molecule has 0 aromatic heterocycles. The van der Waals surface area contributed by atoms with Crippen LogP contribution in [0.5, 0.6) is 0 Å². The largest absolute Gasteiger partial charge is 0.446 e. The highest BCUT2D eigenvalue weighted by Crippen LogP contribution is 2.25. The van der Waals surface area contributed by atoms with E-state index >= 15 is 0 Å². The van der Waals surface area contributed by atoms with Crippen LogP contribution in [-0.4, -0.2) is 11.8 Å². The van der Waals surface area contributed by atoms with Gasteiger partial charge in [0.15, 0.2) is 0 Å². The van der Waals surface area contributed by atoms with Crippen LogP contribution in [0.15, 0.2) is 11.8 Å². The Balaban J connectivity index is 2.81. The molecule has 0 bridgehead atoms. The zero-order valence-corrected chi connectivity index (χ0v) is 6.30. The van der Waals surface area contributed by atoms with Gasteiger partial charge in [-0.1, -0.05) is 0 Å². The number of cyclic esters (lactones) is 1. The first-order valence-corrected chi connectivity index (χ1v) is 3.14. The van der Waals surface area contributed by atoms with Gasteiger partial charge in [0.1, 0.15) is 0 Å². The van der Waals surface area contributed by atoms with Crippen LogP contribution in [-0.2, 0) is 14.3 Å². The average molecular weight is 142 g/mol. The van der Waals surface area contributed by atoms with Crippen LogP contribution in [0.3, 0.4) is 0 Å². The Hall–Kier alpha value is -0.990. The van der Waals surface area contributed by atoms with Crippen molar-refractivity contribution in [1.82, 2.24) is 0 Å². The summed E-state index contributed by atoms with van der Waals surface area (Å²) < 4.78 is 9.92. The molecule has 1 saturated heterocycles. The van der Waals surface area contributed by atoms with E-state index in [4.69, 9.17) is 9.47 Å². The van der Waals surface area contributed by atoms with E-state index < -0.39 is 5.79 Å². The molecule has 3 heteroatoms. The van der Waals surface area contributed by atoms with Gasteiger partial charge >= 0.3 is 5.97 Å². The van der Waals surface area contributed by atoms with Crippen LogP contribution in [0.4, 0.5) is 0 Å². The van der Waals surface area contributed by atoms with Gasteiger partial charge in [-0.15, -0.1) is 0 Å². The molecular weight excluding hydrogens is 132 g/mol. The van der Waals surface area contributed by atoms with Gasteiger partial charge in [-0.05, 0) is 13.0 Å². The minimum absolute atomic E-state index is 0.296. The van der Waals surface area contributed by atoms with Crippen LogP contribution in [0, 0.1) is 0 Å². The number of esters is 1. The third-order valence-electron chi connectivity index (χ3n) is 1.16. The Kier molecular flexibility index (Phi) is 1.43. The van der Waals surface area contributed by atoms with E-state index in [1.54, 1.807) is 26.8 Å². The number of carbonyl (C=O) groups is 1. The minimum Gasteiger partial charge on any atom is -0.446 e. The second-order valence-electron chi connectivity index (χ2n) is 2.54. The van der Waals surface area contributed by atoms with Crippen molar-refractivity contribution in [1.29, 1.82) is 0 Å². The van der Waals surface area contributed by atoms with E-state index in [1.165, 1.54) is 0 Å². The molecule has 0 aromatic carbocycles. The van der Waals surface area contributed by atoms with Gasteiger partial charge in [0, 0.05) is 13.8 Å². The van der Waals surface area contributed by atoms with Gasteiger partial charge < -0.3 is 9.47 Å². The molecule has 0 aromatic rings. The fraction of sp³-hybridized carbons (Fsp3) is 0.571. The Morgan fingerprint density at radius 3 is 2.20 bits per heavy atom. The molecule has 0 unspecified atom stereocenters. The highest BCUT2D eigenvalue weighted by atomic mass is 16.8. The van der Waals surface area contributed by atoms with Gasteiger partial charge in [0.2, 0.25) is 11.5 Å². The Morgan fingerprint density at radius 1 is 1.40 bits per heavy atom. The van der Waals surface area contributed by atoms with E-state index in [0.717, 1.165) is 0 Å². The maximum atomic E-state index is 10.8. The van der Waals surface area contributed by atoms with Gasteiger partial charge in [-0.2, -0.15) is 0 Å². The SMILES string of the molecule is C/C=C1\OC(C)(C)OC1=O. The summed E-state index contributed by atoms with van der Waals surface area (Å²) in [7, 11) is 0. The fourth-order valence-electron chi connectivity index (χ4n) is 0.778. The number of carbonyl (C=O) groups excluding carboxylic acids is 1. The number of allylic oxidation sites excluding steroid dienone is 1. The zero-order valence-electron chi connectivity index (χ0n) is 6.30. The molecule has 0 aliphatic carbocycles. The Morgan fingerprint density at radius 2 is 2.00 bits per heavy atom. The van der Waals surface area contributed by atoms with Crippen molar-refractivity contribution in [3.05, 3.63) is 11.8 Å². The molecule has 1 heterocycles. The lowest BCUT2D eigenvalue weighted by atomic mass is 10.4. The lowest BCUT2D eigenvalue weighted by molar-refractivity contribution is -0.159. The number of rotatable bonds is 0. The molecule has 1 aliphatic heterocycles. The van der Waals surface area contributed by atoms with Crippen molar-refractivity contribution in [3.8, 4) is 0 Å². The van der Waals surface area contributed by atoms with Crippen LogP contribution in [0.25, 0.3) is 0 Å². The van der Waals surface area contributed by atoms with Crippen molar-refractivity contribution in [3.63, 3.8) is 0 Å². The summed E-state index contributed by atoms with van der Waals surface area (Å²) in [6, 6.07) is 0. The molecule has 0 N–H and O–H groups in total. The summed E-state index contributed by atoms with van der Waals surface area (Å²) in [5.74, 6) is -0.864. The van der Waals surface area contributed by atoms with Gasteiger partial charge in [-0.3, -0.25) is 0 Å². The van der Waals surface area contributed by atoms with E-state index in [-0.39, 0.29) is 5.97 Å². The molecular formula is C7H10O3. The summed E-state index contributed by atoms with van der Waals surface area (Å²) in [4.78, 5) is 10.8. The standard InChI is InChI=1S/C7H10O3/c1-4-5-6(8)10-7(2,3)9-5/h4H,1-3H3/b5-4-. The van der Waals surface area contributed by atoms with Crippen LogP contribution < -0.4 is 0 Å². The van der Waals surface area contributed by atoms with Crippen molar-refractivity contribution < 1.29 is 14.3 Å². The molecule has 0 amide bonds. The molecule has 1 fully saturated rings. The Labute approximate surface area is 59.6 Å². The molecule has 1 aliphatic rings. The normalized spacial score (nSPS) is 26.3. The highest BCUT2D eigenvalue weighted by molar-refractivity contribution is 5.87. The maximum absolute atomic E-state index is 10.8. The van der Waals surface area contributed by atoms with Gasteiger partial charge in [0.05, 0.1) is 0 Å². The molecule has 10 heavy (non-hydrogen) atoms. The van der Waals surface area contributed by atoms with E-state index in [9.17, 15) is 4.79 Å². The number of hydrogen-bond donors (Lipinski definition) is 0. The summed E-state index contributed by atoms with van der Waals surface area (Å²) in [6.07, 6.45) is 1.59. The summed E-state index contributed by atoms with van der Waals surface area (Å²) in [5.41, 5.74) is 0. The van der Waals surface area contributed by atoms with Crippen LogP contribution in [0.1, 0.15) is 20.8 Å². The van der Waals surface area contributed by atoms with E-state index in [2.05, 4.69) is 0 Å². The molecule has 0 spiro atoms. The fourth-order valence-corrected chi connectivity index (χ4v) is 0.778. The summed E-state index contributed by atoms with van der Waals surface area (Å²) >= 11 is 0. The van der Waals surface area contributed by atoms with Crippen LogP contribution >= 0.6 is 0 Å². The van der Waals surface area contributed by atoms with E-state index in [0.29, 0.717) is 5.76 Å². The predicted octanol–water partition coefficient (Wildman–Crippen LogP) is 1.20. The van der Waals surface area contributed by atoms with Gasteiger partial charge in [-0.25, -0.2) is 4.79 Å². The average Bonchev–Trinajstić information content (AvgIpc) is 2.05. The summed E-state index contributed by atoms with van der Waals surface area (Å²) in [6.45, 7) is 5.13. The van der Waals surface area contributed by atoms with Crippen molar-refractivity contribution in [2.45, 2.75) is 26.6 Å². The monoisotopic (exact) mass is 142 g/mol. The van der Waals surface area contributed by atoms with Crippen molar-refractivity contribution >= 4 is 5.97 Å². The third-order valence-corrected chi connectivity index (χ3v) is 1.16. The molecule has 3 nitrogen and oxygen atoms in total. The summed E-state index contributed by atoms with van der Waals surface area (Å²) in [5, 5.41) is 0. The predicted molar refractivity (Wildman–Crippen MR) is 35.0 cm³/mol. The zero-order chi connectivity index (χ0) is 7.78. The van der Waals surface area contributed by atoms with Gasteiger partial charge in [0.25, 0.3) is 0 Å². The first kappa shape index (κ1) is 7.12. The first-order valence-electron chi connectivity index (χ1n) is 3.14. The lowest BCUT2D eigenvalue weighted by Gasteiger charge is -2.13. The molecule has 0 atom stereocenters. The Bertz CT molecular complexity index is 191. The minimum atomic E-state index is -0.779.